The first-order valence-electron chi connectivity index (χ1n) is 10.6. The van der Waals surface area contributed by atoms with Gasteiger partial charge in [-0.1, -0.05) is 42.5 Å². The second kappa shape index (κ2) is 9.35. The van der Waals surface area contributed by atoms with Crippen molar-refractivity contribution in [3.63, 3.8) is 0 Å². The zero-order chi connectivity index (χ0) is 21.7. The predicted molar refractivity (Wildman–Crippen MR) is 119 cm³/mol. The van der Waals surface area contributed by atoms with Crippen LogP contribution in [-0.4, -0.2) is 40.9 Å². The summed E-state index contributed by atoms with van der Waals surface area (Å²) >= 11 is 0. The second-order valence-electron chi connectivity index (χ2n) is 8.23. The maximum atomic E-state index is 14.2. The lowest BCUT2D eigenvalue weighted by Crippen LogP contribution is -2.52. The molecule has 1 fully saturated rings. The number of halogens is 1. The maximum Gasteiger partial charge on any atom is 0.227 e. The Kier molecular flexibility index (Phi) is 6.37. The van der Waals surface area contributed by atoms with E-state index in [-0.39, 0.29) is 11.7 Å². The van der Waals surface area contributed by atoms with Gasteiger partial charge < -0.3 is 5.32 Å². The van der Waals surface area contributed by atoms with Gasteiger partial charge in [-0.3, -0.25) is 9.69 Å². The van der Waals surface area contributed by atoms with Gasteiger partial charge in [0, 0.05) is 43.7 Å². The Morgan fingerprint density at radius 2 is 1.81 bits per heavy atom. The van der Waals surface area contributed by atoms with Crippen molar-refractivity contribution < 1.29 is 9.18 Å². The van der Waals surface area contributed by atoms with Crippen LogP contribution in [0.25, 0.3) is 11.1 Å². The van der Waals surface area contributed by atoms with Crippen molar-refractivity contribution in [2.45, 2.75) is 25.8 Å². The molecule has 2 heterocycles. The van der Waals surface area contributed by atoms with E-state index in [0.29, 0.717) is 25.1 Å². The summed E-state index contributed by atoms with van der Waals surface area (Å²) in [4.78, 5) is 23.7. The van der Waals surface area contributed by atoms with Gasteiger partial charge in [-0.05, 0) is 43.0 Å². The molecule has 3 aromatic rings. The third-order valence-electron chi connectivity index (χ3n) is 6.13. The Labute approximate surface area is 182 Å². The molecule has 4 rings (SSSR count). The van der Waals surface area contributed by atoms with Crippen LogP contribution in [0.15, 0.2) is 67.3 Å². The van der Waals surface area contributed by atoms with E-state index in [2.05, 4.69) is 26.3 Å². The summed E-state index contributed by atoms with van der Waals surface area (Å²) in [6.45, 7) is 1.93. The molecule has 0 unspecified atom stereocenters. The predicted octanol–water partition coefficient (Wildman–Crippen LogP) is 3.85. The van der Waals surface area contributed by atoms with E-state index in [1.54, 1.807) is 25.5 Å². The molecular formula is C25H27FN4O. The molecule has 6 heteroatoms. The molecule has 0 aliphatic carbocycles. The second-order valence-corrected chi connectivity index (χ2v) is 8.23. The highest BCUT2D eigenvalue weighted by Crippen LogP contribution is 2.37. The summed E-state index contributed by atoms with van der Waals surface area (Å²) in [5, 5.41) is 2.89. The van der Waals surface area contributed by atoms with Crippen LogP contribution >= 0.6 is 0 Å². The summed E-state index contributed by atoms with van der Waals surface area (Å²) < 4.78 is 14.2. The molecule has 160 valence electrons. The monoisotopic (exact) mass is 418 g/mol. The number of benzene rings is 2. The van der Waals surface area contributed by atoms with Crippen molar-refractivity contribution >= 4 is 5.91 Å². The number of hydrogen-bond donors (Lipinski definition) is 1. The van der Waals surface area contributed by atoms with Crippen LogP contribution in [0.3, 0.4) is 0 Å². The highest BCUT2D eigenvalue weighted by Gasteiger charge is 2.42. The van der Waals surface area contributed by atoms with Gasteiger partial charge in [-0.25, -0.2) is 14.4 Å². The minimum Gasteiger partial charge on any atom is -0.359 e. The first-order valence-corrected chi connectivity index (χ1v) is 10.6. The average molecular weight is 419 g/mol. The molecule has 1 aliphatic rings. The number of piperidine rings is 1. The Morgan fingerprint density at radius 3 is 2.55 bits per heavy atom. The van der Waals surface area contributed by atoms with E-state index in [4.69, 9.17) is 0 Å². The van der Waals surface area contributed by atoms with Crippen LogP contribution in [0, 0.1) is 11.2 Å². The Balaban J connectivity index is 1.64. The van der Waals surface area contributed by atoms with Gasteiger partial charge in [-0.15, -0.1) is 0 Å². The molecule has 1 amide bonds. The van der Waals surface area contributed by atoms with Gasteiger partial charge in [0.05, 0.1) is 5.41 Å². The van der Waals surface area contributed by atoms with Gasteiger partial charge >= 0.3 is 0 Å². The van der Waals surface area contributed by atoms with Crippen molar-refractivity contribution in [3.8, 4) is 11.1 Å². The lowest BCUT2D eigenvalue weighted by Gasteiger charge is -2.42. The molecule has 1 saturated heterocycles. The van der Waals surface area contributed by atoms with E-state index in [0.717, 1.165) is 36.1 Å². The number of carbonyl (C=O) groups excluding carboxylic acids is 1. The number of likely N-dealkylation sites (tertiary alicyclic amines) is 1. The molecule has 31 heavy (non-hydrogen) atoms. The number of nitrogens with zero attached hydrogens (tertiary/aromatic N) is 3. The summed E-state index contributed by atoms with van der Waals surface area (Å²) in [5.41, 5.74) is 3.15. The smallest absolute Gasteiger partial charge is 0.227 e. The van der Waals surface area contributed by atoms with E-state index >= 15 is 0 Å². The van der Waals surface area contributed by atoms with E-state index in [9.17, 15) is 9.18 Å². The molecule has 5 nitrogen and oxygen atoms in total. The Hall–Kier alpha value is -3.12. The number of hydrogen-bond acceptors (Lipinski definition) is 4. The summed E-state index contributed by atoms with van der Waals surface area (Å²) in [6, 6.07) is 15.0. The fourth-order valence-corrected chi connectivity index (χ4v) is 4.66. The number of rotatable bonds is 6. The normalized spacial score (nSPS) is 19.2. The van der Waals surface area contributed by atoms with Crippen LogP contribution < -0.4 is 5.32 Å². The molecule has 0 saturated carbocycles. The third kappa shape index (κ3) is 4.64. The topological polar surface area (TPSA) is 58.1 Å². The first kappa shape index (κ1) is 21.1. The Bertz CT molecular complexity index is 1040. The van der Waals surface area contributed by atoms with E-state index in [1.165, 1.54) is 12.4 Å². The van der Waals surface area contributed by atoms with Crippen LogP contribution in [-0.2, 0) is 17.8 Å². The number of aromatic nitrogens is 2. The molecule has 0 bridgehead atoms. The number of nitrogens with one attached hydrogen (secondary N) is 1. The Morgan fingerprint density at radius 1 is 1.10 bits per heavy atom. The average Bonchev–Trinajstić information content (AvgIpc) is 2.81. The molecule has 1 aromatic heterocycles. The summed E-state index contributed by atoms with van der Waals surface area (Å²) in [6.07, 6.45) is 7.39. The molecule has 1 aliphatic heterocycles. The maximum absolute atomic E-state index is 14.2. The summed E-state index contributed by atoms with van der Waals surface area (Å²) in [7, 11) is 1.69. The minimum atomic E-state index is -0.579. The van der Waals surface area contributed by atoms with E-state index in [1.807, 2.05) is 30.3 Å². The van der Waals surface area contributed by atoms with Crippen molar-refractivity contribution in [1.29, 1.82) is 0 Å². The fourth-order valence-electron chi connectivity index (χ4n) is 4.66. The molecule has 0 radical (unpaired) electrons. The molecular weight excluding hydrogens is 391 g/mol. The number of carbonyl (C=O) groups is 1. The van der Waals surface area contributed by atoms with Crippen molar-refractivity contribution in [2.75, 3.05) is 20.1 Å². The zero-order valence-electron chi connectivity index (χ0n) is 17.7. The van der Waals surface area contributed by atoms with Gasteiger partial charge in [0.1, 0.15) is 12.1 Å². The fraction of sp³-hybridized carbons (Fsp3) is 0.320. The lowest BCUT2D eigenvalue weighted by atomic mass is 9.73. The van der Waals surface area contributed by atoms with Crippen molar-refractivity contribution in [3.05, 3.63) is 84.2 Å². The third-order valence-corrected chi connectivity index (χ3v) is 6.13. The van der Waals surface area contributed by atoms with Crippen molar-refractivity contribution in [2.24, 2.45) is 5.41 Å². The number of amides is 1. The molecule has 1 atom stereocenters. The van der Waals surface area contributed by atoms with E-state index < -0.39 is 5.41 Å². The van der Waals surface area contributed by atoms with Gasteiger partial charge in [-0.2, -0.15) is 0 Å². The largest absolute Gasteiger partial charge is 0.359 e. The standard InChI is InChI=1S/C25H27FN4O/c1-27-24(31)25(11-6-12-30(17-25)16-20-8-3-5-10-23(20)26)13-19-7-2-4-9-22(19)21-14-28-18-29-15-21/h2-5,7-10,14-15,18H,6,11-13,16-17H2,1H3,(H,27,31)/t25-/m0/s1. The van der Waals surface area contributed by atoms with Crippen LogP contribution in [0.1, 0.15) is 24.0 Å². The van der Waals surface area contributed by atoms with Crippen LogP contribution in [0.5, 0.6) is 0 Å². The SMILES string of the molecule is CNC(=O)[C@]1(Cc2ccccc2-c2cncnc2)CCCN(Cc2ccccc2F)C1. The van der Waals surface area contributed by atoms with Crippen LogP contribution in [0.4, 0.5) is 4.39 Å². The molecule has 0 spiro atoms. The van der Waals surface area contributed by atoms with Crippen molar-refractivity contribution in [1.82, 2.24) is 20.2 Å². The van der Waals surface area contributed by atoms with Gasteiger partial charge in [0.2, 0.25) is 5.91 Å². The molecule has 2 aromatic carbocycles. The first-order chi connectivity index (χ1) is 15.1. The summed E-state index contributed by atoms with van der Waals surface area (Å²) in [5.74, 6) is -0.169. The van der Waals surface area contributed by atoms with Crippen LogP contribution in [0.2, 0.25) is 0 Å². The zero-order valence-corrected chi connectivity index (χ0v) is 17.7. The van der Waals surface area contributed by atoms with Gasteiger partial charge in [0.25, 0.3) is 0 Å². The highest BCUT2D eigenvalue weighted by atomic mass is 19.1. The highest BCUT2D eigenvalue weighted by molar-refractivity contribution is 5.83. The lowest BCUT2D eigenvalue weighted by molar-refractivity contribution is -0.134. The quantitative estimate of drug-likeness (QED) is 0.661. The van der Waals surface area contributed by atoms with Gasteiger partial charge in [0.15, 0.2) is 0 Å². The molecule has 1 N–H and O–H groups in total. The minimum absolute atomic E-state index is 0.0323.